The van der Waals surface area contributed by atoms with Crippen molar-refractivity contribution >= 4 is 28.4 Å². The van der Waals surface area contributed by atoms with Crippen molar-refractivity contribution in [1.82, 2.24) is 9.88 Å². The quantitative estimate of drug-likeness (QED) is 0.796. The first-order valence-corrected chi connectivity index (χ1v) is 8.96. The second-order valence-electron chi connectivity index (χ2n) is 7.07. The predicted octanol–water partition coefficient (Wildman–Crippen LogP) is 3.07. The smallest absolute Gasteiger partial charge is 0.248 e. The summed E-state index contributed by atoms with van der Waals surface area (Å²) in [4.78, 5) is 24.0. The highest BCUT2D eigenvalue weighted by Crippen LogP contribution is 2.48. The standard InChI is InChI=1S/C20H23N3O2/c1-21-20(25)12-23-9-8-15-6-7-16(10-18(15)23)22-19(24)11-17(13-2-3-13)14-4-5-14/h6-11,13-14H,2-5,12H2,1H3,(H,21,25)(H,22,24). The van der Waals surface area contributed by atoms with Crippen LogP contribution in [-0.4, -0.2) is 23.4 Å². The van der Waals surface area contributed by atoms with E-state index in [1.54, 1.807) is 7.05 Å². The molecule has 2 aliphatic rings. The van der Waals surface area contributed by atoms with E-state index < -0.39 is 0 Å². The zero-order valence-corrected chi connectivity index (χ0v) is 14.4. The zero-order chi connectivity index (χ0) is 17.4. The van der Waals surface area contributed by atoms with Crippen LogP contribution in [-0.2, 0) is 16.1 Å². The number of benzene rings is 1. The van der Waals surface area contributed by atoms with Gasteiger partial charge in [-0.1, -0.05) is 11.6 Å². The van der Waals surface area contributed by atoms with Crippen molar-refractivity contribution in [3.05, 3.63) is 42.1 Å². The van der Waals surface area contributed by atoms with Gasteiger partial charge in [-0.05, 0) is 61.1 Å². The van der Waals surface area contributed by atoms with Crippen LogP contribution in [0.15, 0.2) is 42.1 Å². The summed E-state index contributed by atoms with van der Waals surface area (Å²) < 4.78 is 1.89. The molecule has 2 aliphatic carbocycles. The second-order valence-corrected chi connectivity index (χ2v) is 7.07. The highest BCUT2D eigenvalue weighted by Gasteiger charge is 2.36. The molecule has 4 rings (SSSR count). The molecule has 5 nitrogen and oxygen atoms in total. The minimum absolute atomic E-state index is 0.0439. The number of hydrogen-bond acceptors (Lipinski definition) is 2. The van der Waals surface area contributed by atoms with E-state index in [0.29, 0.717) is 11.8 Å². The number of allylic oxidation sites excluding steroid dienone is 1. The summed E-state index contributed by atoms with van der Waals surface area (Å²) in [6.07, 6.45) is 8.64. The Bertz CT molecular complexity index is 843. The van der Waals surface area contributed by atoms with Gasteiger partial charge in [-0.2, -0.15) is 0 Å². The lowest BCUT2D eigenvalue weighted by Gasteiger charge is -2.08. The Labute approximate surface area is 147 Å². The van der Waals surface area contributed by atoms with E-state index in [0.717, 1.165) is 16.6 Å². The Hall–Kier alpha value is -2.56. The third-order valence-corrected chi connectivity index (χ3v) is 5.03. The largest absolute Gasteiger partial charge is 0.358 e. The van der Waals surface area contributed by atoms with Crippen LogP contribution in [0.4, 0.5) is 5.69 Å². The van der Waals surface area contributed by atoms with Crippen LogP contribution in [0.1, 0.15) is 25.7 Å². The van der Waals surface area contributed by atoms with E-state index in [4.69, 9.17) is 0 Å². The van der Waals surface area contributed by atoms with Crippen molar-refractivity contribution in [3.63, 3.8) is 0 Å². The summed E-state index contributed by atoms with van der Waals surface area (Å²) in [5.74, 6) is 1.20. The number of hydrogen-bond donors (Lipinski definition) is 2. The van der Waals surface area contributed by atoms with Crippen molar-refractivity contribution < 1.29 is 9.59 Å². The van der Waals surface area contributed by atoms with E-state index in [9.17, 15) is 9.59 Å². The van der Waals surface area contributed by atoms with Gasteiger partial charge in [0.25, 0.3) is 0 Å². The third kappa shape index (κ3) is 3.60. The normalized spacial score (nSPS) is 16.5. The van der Waals surface area contributed by atoms with Crippen molar-refractivity contribution in [3.8, 4) is 0 Å². The Morgan fingerprint density at radius 1 is 1.16 bits per heavy atom. The number of likely N-dealkylation sites (N-methyl/N-ethyl adjacent to an activating group) is 1. The molecule has 5 heteroatoms. The first-order chi connectivity index (χ1) is 12.1. The number of rotatable bonds is 6. The van der Waals surface area contributed by atoms with Crippen LogP contribution in [0, 0.1) is 11.8 Å². The molecule has 2 N–H and O–H groups in total. The Kier molecular flexibility index (Phi) is 4.07. The topological polar surface area (TPSA) is 63.1 Å². The molecule has 2 aromatic rings. The molecule has 0 atom stereocenters. The molecule has 1 aromatic carbocycles. The number of carbonyl (C=O) groups excluding carboxylic acids is 2. The second kappa shape index (κ2) is 6.39. The van der Waals surface area contributed by atoms with Gasteiger partial charge in [-0.3, -0.25) is 9.59 Å². The monoisotopic (exact) mass is 337 g/mol. The van der Waals surface area contributed by atoms with Gasteiger partial charge in [0.05, 0.1) is 5.52 Å². The number of amides is 2. The van der Waals surface area contributed by atoms with Crippen LogP contribution in [0.2, 0.25) is 0 Å². The zero-order valence-electron chi connectivity index (χ0n) is 14.4. The molecule has 2 fully saturated rings. The lowest BCUT2D eigenvalue weighted by Crippen LogP contribution is -2.23. The van der Waals surface area contributed by atoms with Crippen molar-refractivity contribution in [1.29, 1.82) is 0 Å². The number of nitrogens with zero attached hydrogens (tertiary/aromatic N) is 1. The molecule has 2 saturated carbocycles. The summed E-state index contributed by atoms with van der Waals surface area (Å²) in [5.41, 5.74) is 3.05. The van der Waals surface area contributed by atoms with Crippen LogP contribution < -0.4 is 10.6 Å². The maximum Gasteiger partial charge on any atom is 0.248 e. The first-order valence-electron chi connectivity index (χ1n) is 8.96. The minimum atomic E-state index is -0.0478. The van der Waals surface area contributed by atoms with Gasteiger partial charge >= 0.3 is 0 Å². The fraction of sp³-hybridized carbons (Fsp3) is 0.400. The van der Waals surface area contributed by atoms with Crippen LogP contribution in [0.5, 0.6) is 0 Å². The predicted molar refractivity (Wildman–Crippen MR) is 98.2 cm³/mol. The van der Waals surface area contributed by atoms with Gasteiger partial charge in [0, 0.05) is 25.0 Å². The van der Waals surface area contributed by atoms with Gasteiger partial charge in [0.15, 0.2) is 0 Å². The molecule has 25 heavy (non-hydrogen) atoms. The first kappa shape index (κ1) is 15.9. The van der Waals surface area contributed by atoms with E-state index in [1.807, 2.05) is 41.1 Å². The van der Waals surface area contributed by atoms with Gasteiger partial charge in [0.1, 0.15) is 6.54 Å². The fourth-order valence-corrected chi connectivity index (χ4v) is 3.37. The molecule has 0 bridgehead atoms. The van der Waals surface area contributed by atoms with Crippen LogP contribution in [0.25, 0.3) is 10.9 Å². The number of anilines is 1. The van der Waals surface area contributed by atoms with E-state index in [1.165, 1.54) is 31.3 Å². The number of carbonyl (C=O) groups is 2. The molecule has 130 valence electrons. The molecule has 1 aromatic heterocycles. The van der Waals surface area contributed by atoms with E-state index in [2.05, 4.69) is 10.6 Å². The number of aromatic nitrogens is 1. The summed E-state index contributed by atoms with van der Waals surface area (Å²) >= 11 is 0. The molecule has 0 radical (unpaired) electrons. The number of nitrogens with one attached hydrogen (secondary N) is 2. The molecule has 0 spiro atoms. The van der Waals surface area contributed by atoms with E-state index >= 15 is 0 Å². The maximum absolute atomic E-state index is 12.4. The molecule has 1 heterocycles. The summed E-state index contributed by atoms with van der Waals surface area (Å²) in [6.45, 7) is 0.269. The maximum atomic E-state index is 12.4. The SMILES string of the molecule is CNC(=O)Cn1ccc2ccc(NC(=O)C=C(C3CC3)C3CC3)cc21. The Morgan fingerprint density at radius 3 is 2.52 bits per heavy atom. The van der Waals surface area contributed by atoms with Gasteiger partial charge in [0.2, 0.25) is 11.8 Å². The molecule has 2 amide bonds. The lowest BCUT2D eigenvalue weighted by atomic mass is 10.1. The lowest BCUT2D eigenvalue weighted by molar-refractivity contribution is -0.121. The number of fused-ring (bicyclic) bond motifs is 1. The molecular weight excluding hydrogens is 314 g/mol. The van der Waals surface area contributed by atoms with E-state index in [-0.39, 0.29) is 18.4 Å². The Morgan fingerprint density at radius 2 is 1.88 bits per heavy atom. The minimum Gasteiger partial charge on any atom is -0.358 e. The highest BCUT2D eigenvalue weighted by atomic mass is 16.2. The summed E-state index contributed by atoms with van der Waals surface area (Å²) in [7, 11) is 1.63. The van der Waals surface area contributed by atoms with Crippen LogP contribution >= 0.6 is 0 Å². The highest BCUT2D eigenvalue weighted by molar-refractivity contribution is 6.01. The van der Waals surface area contributed by atoms with Gasteiger partial charge in [-0.25, -0.2) is 0 Å². The third-order valence-electron chi connectivity index (χ3n) is 5.03. The van der Waals surface area contributed by atoms with Crippen molar-refractivity contribution in [2.45, 2.75) is 32.2 Å². The van der Waals surface area contributed by atoms with Crippen molar-refractivity contribution in [2.24, 2.45) is 11.8 Å². The average Bonchev–Trinajstić information content (AvgIpc) is 3.52. The summed E-state index contributed by atoms with van der Waals surface area (Å²) in [5, 5.41) is 6.67. The van der Waals surface area contributed by atoms with Crippen LogP contribution in [0.3, 0.4) is 0 Å². The summed E-state index contributed by atoms with van der Waals surface area (Å²) in [6, 6.07) is 7.78. The van der Waals surface area contributed by atoms with Crippen molar-refractivity contribution in [2.75, 3.05) is 12.4 Å². The molecule has 0 unspecified atom stereocenters. The molecule has 0 saturated heterocycles. The molecular formula is C20H23N3O2. The van der Waals surface area contributed by atoms with Gasteiger partial charge in [-0.15, -0.1) is 0 Å². The average molecular weight is 337 g/mol. The Balaban J connectivity index is 1.52. The molecule has 0 aliphatic heterocycles. The van der Waals surface area contributed by atoms with Gasteiger partial charge < -0.3 is 15.2 Å². The fourth-order valence-electron chi connectivity index (χ4n) is 3.37.